The van der Waals surface area contributed by atoms with E-state index in [1.807, 2.05) is 6.92 Å². The summed E-state index contributed by atoms with van der Waals surface area (Å²) in [5.74, 6) is -2.21. The Morgan fingerprint density at radius 3 is 2.48 bits per heavy atom. The molecule has 1 heterocycles. The predicted octanol–water partition coefficient (Wildman–Crippen LogP) is 1.61. The summed E-state index contributed by atoms with van der Waals surface area (Å²) < 4.78 is 36.0. The van der Waals surface area contributed by atoms with Gasteiger partial charge in [0.15, 0.2) is 6.61 Å². The van der Waals surface area contributed by atoms with Gasteiger partial charge in [-0.1, -0.05) is 6.07 Å². The Balaban J connectivity index is 1.85. The molecule has 0 fully saturated rings. The highest BCUT2D eigenvalue weighted by atomic mass is 32.2. The minimum atomic E-state index is -3.89. The first-order valence-corrected chi connectivity index (χ1v) is 10.7. The third-order valence-corrected chi connectivity index (χ3v) is 6.16. The van der Waals surface area contributed by atoms with Crippen molar-refractivity contribution in [3.63, 3.8) is 0 Å². The molecule has 2 aromatic rings. The van der Waals surface area contributed by atoms with Crippen molar-refractivity contribution in [2.45, 2.75) is 18.7 Å². The average Bonchev–Trinajstić information content (AvgIpc) is 3.14. The van der Waals surface area contributed by atoms with E-state index in [2.05, 4.69) is 14.8 Å². The number of hydrogen-bond acceptors (Lipinski definition) is 8. The molecule has 0 bridgehead atoms. The van der Waals surface area contributed by atoms with E-state index < -0.39 is 41.0 Å². The highest BCUT2D eigenvalue weighted by molar-refractivity contribution is 7.89. The molecule has 9 nitrogen and oxygen atoms in total. The number of benzene rings is 1. The quantitative estimate of drug-likeness (QED) is 0.597. The van der Waals surface area contributed by atoms with Crippen molar-refractivity contribution in [2.75, 3.05) is 25.6 Å². The standard InChI is InChI=1S/C18H20N2O7S2/c1-11-4-5-13(8-12(11)2)29(24,25)19-9-16(22)27-10-15(21)20-14-6-7-28-17(14)18(23)26-3/h4-8,19H,9-10H2,1-3H3,(H,20,21). The van der Waals surface area contributed by atoms with Crippen LogP contribution < -0.4 is 10.0 Å². The van der Waals surface area contributed by atoms with Crippen LogP contribution in [-0.4, -0.2) is 46.5 Å². The van der Waals surface area contributed by atoms with Crippen LogP contribution in [0.4, 0.5) is 5.69 Å². The Bertz CT molecular complexity index is 1030. The molecule has 2 N–H and O–H groups in total. The molecular formula is C18H20N2O7S2. The molecule has 1 aromatic carbocycles. The highest BCUT2D eigenvalue weighted by Crippen LogP contribution is 2.23. The van der Waals surface area contributed by atoms with Crippen molar-refractivity contribution >= 4 is 44.9 Å². The maximum Gasteiger partial charge on any atom is 0.350 e. The Morgan fingerprint density at radius 1 is 1.10 bits per heavy atom. The molecule has 29 heavy (non-hydrogen) atoms. The third kappa shape index (κ3) is 6.11. The topological polar surface area (TPSA) is 128 Å². The maximum absolute atomic E-state index is 12.2. The lowest BCUT2D eigenvalue weighted by molar-refractivity contribution is -0.146. The number of thiophene rings is 1. The maximum atomic E-state index is 12.2. The largest absolute Gasteiger partial charge is 0.465 e. The van der Waals surface area contributed by atoms with Crippen LogP contribution in [0.3, 0.4) is 0 Å². The van der Waals surface area contributed by atoms with Crippen LogP contribution in [0, 0.1) is 13.8 Å². The number of amides is 1. The second-order valence-electron chi connectivity index (χ2n) is 5.93. The molecule has 0 saturated heterocycles. The molecule has 1 amide bonds. The van der Waals surface area contributed by atoms with Gasteiger partial charge in [-0.15, -0.1) is 11.3 Å². The third-order valence-electron chi connectivity index (χ3n) is 3.87. The summed E-state index contributed by atoms with van der Waals surface area (Å²) in [6.45, 7) is 2.36. The zero-order valence-corrected chi connectivity index (χ0v) is 17.6. The summed E-state index contributed by atoms with van der Waals surface area (Å²) in [6.07, 6.45) is 0. The van der Waals surface area contributed by atoms with Crippen LogP contribution in [0.25, 0.3) is 0 Å². The first-order valence-electron chi connectivity index (χ1n) is 8.32. The number of ether oxygens (including phenoxy) is 2. The van der Waals surface area contributed by atoms with E-state index in [4.69, 9.17) is 4.74 Å². The normalized spacial score (nSPS) is 11.0. The second kappa shape index (κ2) is 9.63. The predicted molar refractivity (Wildman–Crippen MR) is 106 cm³/mol. The average molecular weight is 440 g/mol. The lowest BCUT2D eigenvalue weighted by atomic mass is 10.1. The molecule has 0 unspecified atom stereocenters. The highest BCUT2D eigenvalue weighted by Gasteiger charge is 2.19. The van der Waals surface area contributed by atoms with Gasteiger partial charge in [-0.05, 0) is 48.6 Å². The van der Waals surface area contributed by atoms with Crippen molar-refractivity contribution in [3.05, 3.63) is 45.6 Å². The molecule has 0 aliphatic carbocycles. The Hall–Kier alpha value is -2.76. The van der Waals surface area contributed by atoms with Gasteiger partial charge in [0.25, 0.3) is 5.91 Å². The molecule has 0 atom stereocenters. The van der Waals surface area contributed by atoms with Gasteiger partial charge in [0.2, 0.25) is 10.0 Å². The number of nitrogens with one attached hydrogen (secondary N) is 2. The van der Waals surface area contributed by atoms with E-state index in [1.54, 1.807) is 18.4 Å². The van der Waals surface area contributed by atoms with Crippen LogP contribution in [0.5, 0.6) is 0 Å². The monoisotopic (exact) mass is 440 g/mol. The molecule has 0 aliphatic heterocycles. The molecule has 0 radical (unpaired) electrons. The van der Waals surface area contributed by atoms with Gasteiger partial charge in [-0.25, -0.2) is 13.2 Å². The number of anilines is 1. The van der Waals surface area contributed by atoms with Crippen LogP contribution in [-0.2, 0) is 29.1 Å². The molecule has 2 rings (SSSR count). The van der Waals surface area contributed by atoms with E-state index in [1.165, 1.54) is 25.3 Å². The molecule has 1 aromatic heterocycles. The zero-order chi connectivity index (χ0) is 21.6. The number of hydrogen-bond donors (Lipinski definition) is 2. The number of esters is 2. The van der Waals surface area contributed by atoms with Gasteiger partial charge in [0.05, 0.1) is 17.7 Å². The molecular weight excluding hydrogens is 420 g/mol. The van der Waals surface area contributed by atoms with Crippen molar-refractivity contribution in [1.29, 1.82) is 0 Å². The first-order chi connectivity index (χ1) is 13.6. The summed E-state index contributed by atoms with van der Waals surface area (Å²) in [5.41, 5.74) is 1.97. The van der Waals surface area contributed by atoms with E-state index >= 15 is 0 Å². The fourth-order valence-electron chi connectivity index (χ4n) is 2.16. The van der Waals surface area contributed by atoms with E-state index in [9.17, 15) is 22.8 Å². The van der Waals surface area contributed by atoms with Gasteiger partial charge < -0.3 is 14.8 Å². The Kier molecular flexibility index (Phi) is 7.48. The summed E-state index contributed by atoms with van der Waals surface area (Å²) in [7, 11) is -2.68. The van der Waals surface area contributed by atoms with Gasteiger partial charge in [0.1, 0.15) is 11.4 Å². The summed E-state index contributed by atoms with van der Waals surface area (Å²) >= 11 is 1.09. The van der Waals surface area contributed by atoms with Crippen molar-refractivity contribution < 1.29 is 32.3 Å². The second-order valence-corrected chi connectivity index (χ2v) is 8.62. The van der Waals surface area contributed by atoms with Crippen LogP contribution in [0.15, 0.2) is 34.5 Å². The van der Waals surface area contributed by atoms with E-state index in [-0.39, 0.29) is 15.5 Å². The fourth-order valence-corrected chi connectivity index (χ4v) is 3.98. The summed E-state index contributed by atoms with van der Waals surface area (Å²) in [6, 6.07) is 6.10. The van der Waals surface area contributed by atoms with Gasteiger partial charge in [0, 0.05) is 0 Å². The number of aryl methyl sites for hydroxylation is 2. The number of rotatable bonds is 8. The minimum Gasteiger partial charge on any atom is -0.465 e. The lowest BCUT2D eigenvalue weighted by Gasteiger charge is -2.09. The molecule has 11 heteroatoms. The SMILES string of the molecule is COC(=O)c1sccc1NC(=O)COC(=O)CNS(=O)(=O)c1ccc(C)c(C)c1. The Labute approximate surface area is 172 Å². The van der Waals surface area contributed by atoms with Crippen molar-refractivity contribution in [2.24, 2.45) is 0 Å². The van der Waals surface area contributed by atoms with Gasteiger partial charge >= 0.3 is 11.9 Å². The lowest BCUT2D eigenvalue weighted by Crippen LogP contribution is -2.32. The fraction of sp³-hybridized carbons (Fsp3) is 0.278. The minimum absolute atomic E-state index is 0.0268. The number of methoxy groups -OCH3 is 1. The van der Waals surface area contributed by atoms with Crippen LogP contribution >= 0.6 is 11.3 Å². The van der Waals surface area contributed by atoms with Crippen LogP contribution in [0.2, 0.25) is 0 Å². The molecule has 156 valence electrons. The number of sulfonamides is 1. The number of carbonyl (C=O) groups excluding carboxylic acids is 3. The van der Waals surface area contributed by atoms with E-state index in [0.717, 1.165) is 22.5 Å². The van der Waals surface area contributed by atoms with Gasteiger partial charge in [-0.3, -0.25) is 9.59 Å². The molecule has 0 spiro atoms. The summed E-state index contributed by atoms with van der Waals surface area (Å²) in [5, 5.41) is 4.02. The van der Waals surface area contributed by atoms with E-state index in [0.29, 0.717) is 0 Å². The summed E-state index contributed by atoms with van der Waals surface area (Å²) in [4.78, 5) is 35.5. The smallest absolute Gasteiger partial charge is 0.350 e. The van der Waals surface area contributed by atoms with Crippen molar-refractivity contribution in [1.82, 2.24) is 4.72 Å². The van der Waals surface area contributed by atoms with Gasteiger partial charge in [-0.2, -0.15) is 4.72 Å². The first kappa shape index (κ1) is 22.5. The van der Waals surface area contributed by atoms with Crippen LogP contribution in [0.1, 0.15) is 20.8 Å². The molecule has 0 aliphatic rings. The molecule has 0 saturated carbocycles. The number of carbonyl (C=O) groups is 3. The zero-order valence-electron chi connectivity index (χ0n) is 16.0. The Morgan fingerprint density at radius 2 is 1.83 bits per heavy atom. The van der Waals surface area contributed by atoms with Crippen molar-refractivity contribution in [3.8, 4) is 0 Å².